The fourth-order valence-electron chi connectivity index (χ4n) is 3.26. The van der Waals surface area contributed by atoms with Gasteiger partial charge in [0.25, 0.3) is 5.91 Å². The normalized spacial score (nSPS) is 15.1. The molecule has 1 N–H and O–H groups in total. The molecular formula is C19H28N2O5S. The molecule has 0 aliphatic heterocycles. The van der Waals surface area contributed by atoms with Gasteiger partial charge in [-0.1, -0.05) is 32.8 Å². The zero-order valence-electron chi connectivity index (χ0n) is 16.2. The molecule has 27 heavy (non-hydrogen) atoms. The first-order chi connectivity index (χ1) is 12.8. The first kappa shape index (κ1) is 21.4. The third kappa shape index (κ3) is 5.29. The van der Waals surface area contributed by atoms with Crippen molar-refractivity contribution < 1.29 is 22.7 Å². The summed E-state index contributed by atoms with van der Waals surface area (Å²) in [5.74, 6) is -1.05. The Kier molecular flexibility index (Phi) is 7.38. The van der Waals surface area contributed by atoms with Gasteiger partial charge in [-0.25, -0.2) is 13.2 Å². The lowest BCUT2D eigenvalue weighted by atomic mass is 10.1. The molecule has 1 aromatic carbocycles. The number of sulfonamides is 1. The van der Waals surface area contributed by atoms with E-state index in [1.807, 2.05) is 0 Å². The number of hydrogen-bond acceptors (Lipinski definition) is 5. The first-order valence-corrected chi connectivity index (χ1v) is 10.8. The molecule has 0 unspecified atom stereocenters. The second-order valence-electron chi connectivity index (χ2n) is 6.69. The SMILES string of the molecule is CCN(CC)S(=O)(=O)c1cc(C(=O)OCC(=O)NC2CCCC2)ccc1C. The van der Waals surface area contributed by atoms with E-state index in [2.05, 4.69) is 5.32 Å². The maximum atomic E-state index is 12.8. The number of aryl methyl sites for hydroxylation is 1. The van der Waals surface area contributed by atoms with Crippen molar-refractivity contribution in [2.24, 2.45) is 0 Å². The fourth-order valence-corrected chi connectivity index (χ4v) is 4.97. The van der Waals surface area contributed by atoms with Crippen LogP contribution in [0.1, 0.15) is 55.5 Å². The predicted molar refractivity (Wildman–Crippen MR) is 102 cm³/mol. The number of nitrogens with zero attached hydrogens (tertiary/aromatic N) is 1. The average molecular weight is 397 g/mol. The maximum absolute atomic E-state index is 12.8. The second kappa shape index (κ2) is 9.32. The molecule has 0 aromatic heterocycles. The Bertz CT molecular complexity index is 781. The van der Waals surface area contributed by atoms with Gasteiger partial charge in [0, 0.05) is 19.1 Å². The molecule has 150 valence electrons. The highest BCUT2D eigenvalue weighted by Gasteiger charge is 2.25. The summed E-state index contributed by atoms with van der Waals surface area (Å²) < 4.78 is 31.9. The number of rotatable bonds is 8. The smallest absolute Gasteiger partial charge is 0.338 e. The van der Waals surface area contributed by atoms with Gasteiger partial charge in [0.2, 0.25) is 10.0 Å². The highest BCUT2D eigenvalue weighted by Crippen LogP contribution is 2.22. The van der Waals surface area contributed by atoms with Crippen molar-refractivity contribution >= 4 is 21.9 Å². The maximum Gasteiger partial charge on any atom is 0.338 e. The molecule has 1 aromatic rings. The topological polar surface area (TPSA) is 92.8 Å². The standard InChI is InChI=1S/C19H28N2O5S/c1-4-21(5-2)27(24,25)17-12-15(11-10-14(17)3)19(23)26-13-18(22)20-16-8-6-7-9-16/h10-12,16H,4-9,13H2,1-3H3,(H,20,22). The summed E-state index contributed by atoms with van der Waals surface area (Å²) in [5, 5.41) is 2.84. The van der Waals surface area contributed by atoms with Gasteiger partial charge < -0.3 is 10.1 Å². The summed E-state index contributed by atoms with van der Waals surface area (Å²) in [6.45, 7) is 5.51. The van der Waals surface area contributed by atoms with Crippen LogP contribution in [-0.4, -0.2) is 50.3 Å². The Morgan fingerprint density at radius 1 is 1.19 bits per heavy atom. The van der Waals surface area contributed by atoms with Crippen molar-refractivity contribution in [3.8, 4) is 0 Å². The summed E-state index contributed by atoms with van der Waals surface area (Å²) >= 11 is 0. The summed E-state index contributed by atoms with van der Waals surface area (Å²) in [6.07, 6.45) is 4.09. The van der Waals surface area contributed by atoms with Crippen LogP contribution in [0.25, 0.3) is 0 Å². The van der Waals surface area contributed by atoms with Crippen LogP contribution in [0.15, 0.2) is 23.1 Å². The van der Waals surface area contributed by atoms with E-state index in [1.54, 1.807) is 26.8 Å². The molecule has 0 radical (unpaired) electrons. The molecule has 1 amide bonds. The number of esters is 1. The number of nitrogens with one attached hydrogen (secondary N) is 1. The van der Waals surface area contributed by atoms with Crippen LogP contribution in [0, 0.1) is 6.92 Å². The minimum absolute atomic E-state index is 0.0797. The highest BCUT2D eigenvalue weighted by molar-refractivity contribution is 7.89. The molecule has 2 rings (SSSR count). The zero-order valence-corrected chi connectivity index (χ0v) is 17.0. The van der Waals surface area contributed by atoms with Gasteiger partial charge in [-0.15, -0.1) is 0 Å². The van der Waals surface area contributed by atoms with Gasteiger partial charge in [-0.3, -0.25) is 4.79 Å². The molecule has 0 spiro atoms. The summed E-state index contributed by atoms with van der Waals surface area (Å²) in [6, 6.07) is 4.56. The molecule has 1 aliphatic carbocycles. The lowest BCUT2D eigenvalue weighted by Gasteiger charge is -2.20. The first-order valence-electron chi connectivity index (χ1n) is 9.36. The number of carbonyl (C=O) groups excluding carboxylic acids is 2. The van der Waals surface area contributed by atoms with E-state index in [1.165, 1.54) is 16.4 Å². The number of benzene rings is 1. The van der Waals surface area contributed by atoms with E-state index in [0.717, 1.165) is 25.7 Å². The lowest BCUT2D eigenvalue weighted by molar-refractivity contribution is -0.124. The van der Waals surface area contributed by atoms with Gasteiger partial charge in [-0.05, 0) is 37.5 Å². The Hall–Kier alpha value is -1.93. The Morgan fingerprint density at radius 2 is 1.81 bits per heavy atom. The van der Waals surface area contributed by atoms with Crippen LogP contribution in [0.2, 0.25) is 0 Å². The van der Waals surface area contributed by atoms with Crippen molar-refractivity contribution in [3.05, 3.63) is 29.3 Å². The van der Waals surface area contributed by atoms with Crippen molar-refractivity contribution in [1.82, 2.24) is 9.62 Å². The van der Waals surface area contributed by atoms with Crippen molar-refractivity contribution in [2.75, 3.05) is 19.7 Å². The third-order valence-corrected chi connectivity index (χ3v) is 6.99. The van der Waals surface area contributed by atoms with Crippen LogP contribution in [0.5, 0.6) is 0 Å². The Morgan fingerprint density at radius 3 is 2.41 bits per heavy atom. The van der Waals surface area contributed by atoms with Gasteiger partial charge >= 0.3 is 5.97 Å². The Balaban J connectivity index is 2.07. The summed E-state index contributed by atoms with van der Waals surface area (Å²) in [7, 11) is -3.69. The van der Waals surface area contributed by atoms with Gasteiger partial charge in [0.1, 0.15) is 0 Å². The van der Waals surface area contributed by atoms with Crippen LogP contribution < -0.4 is 5.32 Å². The third-order valence-electron chi connectivity index (χ3n) is 4.80. The van der Waals surface area contributed by atoms with Crippen LogP contribution >= 0.6 is 0 Å². The number of amides is 1. The number of carbonyl (C=O) groups is 2. The van der Waals surface area contributed by atoms with E-state index >= 15 is 0 Å². The largest absolute Gasteiger partial charge is 0.452 e. The van der Waals surface area contributed by atoms with E-state index in [0.29, 0.717) is 18.7 Å². The second-order valence-corrected chi connectivity index (χ2v) is 8.60. The van der Waals surface area contributed by atoms with Gasteiger partial charge in [0.15, 0.2) is 6.61 Å². The molecule has 0 atom stereocenters. The van der Waals surface area contributed by atoms with E-state index in [-0.39, 0.29) is 29.0 Å². The molecule has 7 nitrogen and oxygen atoms in total. The molecule has 0 bridgehead atoms. The van der Waals surface area contributed by atoms with E-state index in [4.69, 9.17) is 4.74 Å². The number of ether oxygens (including phenoxy) is 1. The minimum atomic E-state index is -3.69. The molecule has 1 fully saturated rings. The fraction of sp³-hybridized carbons (Fsp3) is 0.579. The molecule has 0 heterocycles. The molecule has 1 saturated carbocycles. The molecule has 8 heteroatoms. The van der Waals surface area contributed by atoms with Crippen LogP contribution in [0.3, 0.4) is 0 Å². The molecular weight excluding hydrogens is 368 g/mol. The van der Waals surface area contributed by atoms with E-state index in [9.17, 15) is 18.0 Å². The lowest BCUT2D eigenvalue weighted by Crippen LogP contribution is -2.36. The average Bonchev–Trinajstić information content (AvgIpc) is 3.13. The molecule has 0 saturated heterocycles. The quantitative estimate of drug-likeness (QED) is 0.680. The predicted octanol–water partition coefficient (Wildman–Crippen LogP) is 2.24. The van der Waals surface area contributed by atoms with Gasteiger partial charge in [-0.2, -0.15) is 4.31 Å². The van der Waals surface area contributed by atoms with E-state index < -0.39 is 16.0 Å². The van der Waals surface area contributed by atoms with Crippen molar-refractivity contribution in [1.29, 1.82) is 0 Å². The van der Waals surface area contributed by atoms with Crippen molar-refractivity contribution in [3.63, 3.8) is 0 Å². The summed E-state index contributed by atoms with van der Waals surface area (Å²) in [5.41, 5.74) is 0.664. The molecule has 1 aliphatic rings. The summed E-state index contributed by atoms with van der Waals surface area (Å²) in [4.78, 5) is 24.2. The highest BCUT2D eigenvalue weighted by atomic mass is 32.2. The Labute approximate surface area is 161 Å². The van der Waals surface area contributed by atoms with Crippen molar-refractivity contribution in [2.45, 2.75) is 57.4 Å². The van der Waals surface area contributed by atoms with Gasteiger partial charge in [0.05, 0.1) is 10.5 Å². The zero-order chi connectivity index (χ0) is 20.0. The van der Waals surface area contributed by atoms with Crippen LogP contribution in [-0.2, 0) is 19.6 Å². The van der Waals surface area contributed by atoms with Crippen LogP contribution in [0.4, 0.5) is 0 Å². The minimum Gasteiger partial charge on any atom is -0.452 e. The monoisotopic (exact) mass is 396 g/mol. The number of hydrogen-bond donors (Lipinski definition) is 1.